The van der Waals surface area contributed by atoms with E-state index >= 15 is 0 Å². The summed E-state index contributed by atoms with van der Waals surface area (Å²) >= 11 is 0. The van der Waals surface area contributed by atoms with E-state index in [0.29, 0.717) is 0 Å². The van der Waals surface area contributed by atoms with Gasteiger partial charge in [0, 0.05) is 12.0 Å². The Kier molecular flexibility index (Phi) is 4.85. The molecule has 0 spiro atoms. The first-order chi connectivity index (χ1) is 9.51. The minimum Gasteiger partial charge on any atom is -0.355 e. The number of hydrogen-bond donors (Lipinski definition) is 1. The van der Waals surface area contributed by atoms with Crippen molar-refractivity contribution in [1.29, 1.82) is 0 Å². The van der Waals surface area contributed by atoms with Crippen molar-refractivity contribution in [1.82, 2.24) is 5.32 Å². The zero-order chi connectivity index (χ0) is 14.6. The molecular weight excluding hydrogens is 246 g/mol. The van der Waals surface area contributed by atoms with E-state index in [4.69, 9.17) is 0 Å². The van der Waals surface area contributed by atoms with Gasteiger partial charge in [0.1, 0.15) is 0 Å². The lowest BCUT2D eigenvalue weighted by Gasteiger charge is -2.32. The number of benzene rings is 1. The van der Waals surface area contributed by atoms with Gasteiger partial charge in [-0.15, -0.1) is 0 Å². The first-order valence-corrected chi connectivity index (χ1v) is 7.86. The summed E-state index contributed by atoms with van der Waals surface area (Å²) in [5, 5.41) is 3.14. The van der Waals surface area contributed by atoms with Crippen molar-refractivity contribution in [2.24, 2.45) is 5.41 Å². The third-order valence-corrected chi connectivity index (χ3v) is 4.78. The van der Waals surface area contributed by atoms with Crippen molar-refractivity contribution in [3.63, 3.8) is 0 Å². The molecule has 0 heterocycles. The van der Waals surface area contributed by atoms with Crippen LogP contribution in [0.4, 0.5) is 0 Å². The molecule has 0 aliphatic heterocycles. The van der Waals surface area contributed by atoms with E-state index in [1.807, 2.05) is 0 Å². The molecule has 1 aliphatic rings. The number of carbonyl (C=O) groups is 1. The van der Waals surface area contributed by atoms with Crippen LogP contribution in [-0.4, -0.2) is 12.5 Å². The summed E-state index contributed by atoms with van der Waals surface area (Å²) in [5.41, 5.74) is 3.84. The third kappa shape index (κ3) is 3.62. The van der Waals surface area contributed by atoms with Gasteiger partial charge in [0.15, 0.2) is 0 Å². The predicted octanol–water partition coefficient (Wildman–Crippen LogP) is 3.93. The molecule has 0 atom stereocenters. The highest BCUT2D eigenvalue weighted by Gasteiger charge is 2.33. The second-order valence-corrected chi connectivity index (χ2v) is 6.55. The monoisotopic (exact) mass is 273 g/mol. The molecule has 1 aliphatic carbocycles. The van der Waals surface area contributed by atoms with Gasteiger partial charge in [-0.3, -0.25) is 4.79 Å². The van der Waals surface area contributed by atoms with Gasteiger partial charge in [0.05, 0.1) is 0 Å². The van der Waals surface area contributed by atoms with Crippen LogP contribution in [0.3, 0.4) is 0 Å². The average Bonchev–Trinajstić information content (AvgIpc) is 2.43. The van der Waals surface area contributed by atoms with Gasteiger partial charge in [-0.05, 0) is 49.8 Å². The minimum atomic E-state index is -0.124. The summed E-state index contributed by atoms with van der Waals surface area (Å²) in [4.78, 5) is 12.3. The normalized spacial score (nSPS) is 17.8. The van der Waals surface area contributed by atoms with Crippen LogP contribution in [-0.2, 0) is 11.2 Å². The quantitative estimate of drug-likeness (QED) is 0.884. The largest absolute Gasteiger partial charge is 0.355 e. The molecular formula is C18H27NO. The Bertz CT molecular complexity index is 472. The maximum atomic E-state index is 12.3. The Hall–Kier alpha value is -1.31. The molecule has 1 aromatic rings. The molecule has 0 radical (unpaired) electrons. The molecule has 2 rings (SSSR count). The molecule has 1 saturated carbocycles. The molecule has 0 bridgehead atoms. The van der Waals surface area contributed by atoms with E-state index in [0.717, 1.165) is 25.8 Å². The summed E-state index contributed by atoms with van der Waals surface area (Å²) in [6.07, 6.45) is 6.68. The van der Waals surface area contributed by atoms with E-state index < -0.39 is 0 Å². The lowest BCUT2D eigenvalue weighted by atomic mass is 9.75. The number of hydrogen-bond acceptors (Lipinski definition) is 1. The fraction of sp³-hybridized carbons (Fsp3) is 0.611. The topological polar surface area (TPSA) is 29.1 Å². The lowest BCUT2D eigenvalue weighted by Crippen LogP contribution is -2.41. The molecule has 1 N–H and O–H groups in total. The zero-order valence-corrected chi connectivity index (χ0v) is 13.1. The SMILES string of the molecule is Cc1ccc(CCNC(=O)C2(C)CCCCC2)cc1C. The van der Waals surface area contributed by atoms with Crippen LogP contribution in [0.25, 0.3) is 0 Å². The molecule has 2 heteroatoms. The van der Waals surface area contributed by atoms with E-state index in [2.05, 4.69) is 44.3 Å². The van der Waals surface area contributed by atoms with Crippen LogP contribution in [0.1, 0.15) is 55.7 Å². The maximum absolute atomic E-state index is 12.3. The molecule has 1 fully saturated rings. The van der Waals surface area contributed by atoms with Crippen molar-refractivity contribution in [3.8, 4) is 0 Å². The molecule has 110 valence electrons. The highest BCUT2D eigenvalue weighted by molar-refractivity contribution is 5.82. The lowest BCUT2D eigenvalue weighted by molar-refractivity contribution is -0.131. The smallest absolute Gasteiger partial charge is 0.225 e. The summed E-state index contributed by atoms with van der Waals surface area (Å²) in [6.45, 7) is 7.14. The summed E-state index contributed by atoms with van der Waals surface area (Å²) in [5.74, 6) is 0.251. The summed E-state index contributed by atoms with van der Waals surface area (Å²) in [6, 6.07) is 6.55. The first-order valence-electron chi connectivity index (χ1n) is 7.86. The van der Waals surface area contributed by atoms with Gasteiger partial charge in [0.25, 0.3) is 0 Å². The standard InChI is InChI=1S/C18H27NO/c1-14-7-8-16(13-15(14)2)9-12-19-17(20)18(3)10-5-4-6-11-18/h7-8,13H,4-6,9-12H2,1-3H3,(H,19,20). The van der Waals surface area contributed by atoms with Crippen LogP contribution in [0.15, 0.2) is 18.2 Å². The van der Waals surface area contributed by atoms with E-state index in [-0.39, 0.29) is 11.3 Å². The van der Waals surface area contributed by atoms with Crippen molar-refractivity contribution in [3.05, 3.63) is 34.9 Å². The number of nitrogens with one attached hydrogen (secondary N) is 1. The Morgan fingerprint density at radius 2 is 1.85 bits per heavy atom. The Balaban J connectivity index is 1.83. The van der Waals surface area contributed by atoms with Gasteiger partial charge in [-0.2, -0.15) is 0 Å². The van der Waals surface area contributed by atoms with Gasteiger partial charge >= 0.3 is 0 Å². The van der Waals surface area contributed by atoms with Crippen LogP contribution in [0.2, 0.25) is 0 Å². The van der Waals surface area contributed by atoms with Crippen molar-refractivity contribution in [2.75, 3.05) is 6.54 Å². The molecule has 0 saturated heterocycles. The Morgan fingerprint density at radius 1 is 1.15 bits per heavy atom. The summed E-state index contributed by atoms with van der Waals surface area (Å²) < 4.78 is 0. The van der Waals surface area contributed by atoms with Gasteiger partial charge in [0.2, 0.25) is 5.91 Å². The fourth-order valence-corrected chi connectivity index (χ4v) is 3.05. The number of aryl methyl sites for hydroxylation is 2. The number of carbonyl (C=O) groups excluding carboxylic acids is 1. The third-order valence-electron chi connectivity index (χ3n) is 4.78. The van der Waals surface area contributed by atoms with Crippen LogP contribution in [0, 0.1) is 19.3 Å². The fourth-order valence-electron chi connectivity index (χ4n) is 3.05. The van der Waals surface area contributed by atoms with Crippen molar-refractivity contribution >= 4 is 5.91 Å². The van der Waals surface area contributed by atoms with E-state index in [1.165, 1.54) is 36.0 Å². The highest BCUT2D eigenvalue weighted by Crippen LogP contribution is 2.35. The molecule has 1 amide bonds. The molecule has 2 nitrogen and oxygen atoms in total. The van der Waals surface area contributed by atoms with Crippen LogP contribution in [0.5, 0.6) is 0 Å². The second-order valence-electron chi connectivity index (χ2n) is 6.55. The second kappa shape index (κ2) is 6.43. The maximum Gasteiger partial charge on any atom is 0.225 e. The molecule has 0 aromatic heterocycles. The number of rotatable bonds is 4. The number of amides is 1. The van der Waals surface area contributed by atoms with Gasteiger partial charge in [-0.1, -0.05) is 44.4 Å². The Morgan fingerprint density at radius 3 is 2.50 bits per heavy atom. The average molecular weight is 273 g/mol. The summed E-state index contributed by atoms with van der Waals surface area (Å²) in [7, 11) is 0. The molecule has 0 unspecified atom stereocenters. The van der Waals surface area contributed by atoms with Crippen molar-refractivity contribution < 1.29 is 4.79 Å². The van der Waals surface area contributed by atoms with E-state index in [9.17, 15) is 4.79 Å². The first kappa shape index (κ1) is 15.1. The van der Waals surface area contributed by atoms with Crippen molar-refractivity contribution in [2.45, 2.75) is 59.3 Å². The Labute approximate surface area is 123 Å². The van der Waals surface area contributed by atoms with Gasteiger partial charge in [-0.25, -0.2) is 0 Å². The highest BCUT2D eigenvalue weighted by atomic mass is 16.2. The van der Waals surface area contributed by atoms with E-state index in [1.54, 1.807) is 0 Å². The molecule has 20 heavy (non-hydrogen) atoms. The molecule has 1 aromatic carbocycles. The van der Waals surface area contributed by atoms with Crippen LogP contribution >= 0.6 is 0 Å². The minimum absolute atomic E-state index is 0.124. The van der Waals surface area contributed by atoms with Crippen LogP contribution < -0.4 is 5.32 Å². The predicted molar refractivity (Wildman–Crippen MR) is 83.8 cm³/mol. The van der Waals surface area contributed by atoms with Gasteiger partial charge < -0.3 is 5.32 Å². The zero-order valence-electron chi connectivity index (χ0n) is 13.1.